The Labute approximate surface area is 136 Å². The molecule has 0 spiro atoms. The van der Waals surface area contributed by atoms with Crippen molar-refractivity contribution in [3.8, 4) is 0 Å². The van der Waals surface area contributed by atoms with E-state index in [1.165, 1.54) is 0 Å². The minimum Gasteiger partial charge on any atom is -0.465 e. The van der Waals surface area contributed by atoms with Gasteiger partial charge in [0.1, 0.15) is 5.82 Å². The van der Waals surface area contributed by atoms with Gasteiger partial charge in [-0.25, -0.2) is 9.78 Å². The first-order valence-corrected chi connectivity index (χ1v) is 7.85. The van der Waals surface area contributed by atoms with E-state index in [9.17, 15) is 9.90 Å². The predicted octanol–water partition coefficient (Wildman–Crippen LogP) is 3.73. The summed E-state index contributed by atoms with van der Waals surface area (Å²) in [6, 6.07) is 3.55. The minimum absolute atomic E-state index is 0.0247. The fraction of sp³-hybridized carbons (Fsp3) is 0.625. The first-order chi connectivity index (χ1) is 10.1. The van der Waals surface area contributed by atoms with Gasteiger partial charge < -0.3 is 10.0 Å². The van der Waals surface area contributed by atoms with Gasteiger partial charge in [-0.1, -0.05) is 32.4 Å². The van der Waals surface area contributed by atoms with E-state index in [1.54, 1.807) is 17.2 Å². The van der Waals surface area contributed by atoms with Crippen LogP contribution < -0.4 is 4.90 Å². The molecule has 0 radical (unpaired) electrons. The zero-order chi connectivity index (χ0) is 16.7. The highest BCUT2D eigenvalue weighted by Gasteiger charge is 2.53. The molecule has 1 aliphatic heterocycles. The Balaban J connectivity index is 2.46. The van der Waals surface area contributed by atoms with Crippen molar-refractivity contribution in [1.29, 1.82) is 0 Å². The molecule has 122 valence electrons. The Bertz CT molecular complexity index is 573. The first-order valence-electron chi connectivity index (χ1n) is 7.48. The van der Waals surface area contributed by atoms with Crippen molar-refractivity contribution in [2.75, 3.05) is 18.0 Å². The number of hydrogen-bond acceptors (Lipinski definition) is 3. The zero-order valence-electron chi connectivity index (χ0n) is 13.8. The second-order valence-corrected chi connectivity index (χ2v) is 7.47. The molecule has 0 aliphatic carbocycles. The van der Waals surface area contributed by atoms with Crippen LogP contribution in [0, 0.1) is 5.41 Å². The zero-order valence-corrected chi connectivity index (χ0v) is 14.6. The molecule has 2 atom stereocenters. The maximum atomic E-state index is 11.7. The molecule has 1 saturated heterocycles. The van der Waals surface area contributed by atoms with Crippen LogP contribution in [-0.4, -0.2) is 45.8 Å². The minimum atomic E-state index is -0.872. The highest BCUT2D eigenvalue weighted by molar-refractivity contribution is 6.30. The Morgan fingerprint density at radius 3 is 2.59 bits per heavy atom. The third-order valence-corrected chi connectivity index (χ3v) is 5.39. The molecule has 1 aromatic rings. The van der Waals surface area contributed by atoms with E-state index in [4.69, 9.17) is 11.6 Å². The topological polar surface area (TPSA) is 56.7 Å². The Morgan fingerprint density at radius 2 is 2.09 bits per heavy atom. The average Bonchev–Trinajstić information content (AvgIpc) is 2.40. The Hall–Kier alpha value is -1.49. The summed E-state index contributed by atoms with van der Waals surface area (Å²) in [6.45, 7) is 11.4. The molecule has 2 rings (SSSR count). The third-order valence-electron chi connectivity index (χ3n) is 5.16. The lowest BCUT2D eigenvalue weighted by Gasteiger charge is -2.58. The van der Waals surface area contributed by atoms with Crippen molar-refractivity contribution >= 4 is 23.5 Å². The fourth-order valence-corrected chi connectivity index (χ4v) is 3.51. The van der Waals surface area contributed by atoms with Gasteiger partial charge in [0.15, 0.2) is 0 Å². The molecule has 2 unspecified atom stereocenters. The summed E-state index contributed by atoms with van der Waals surface area (Å²) in [5.41, 5.74) is -0.761. The van der Waals surface area contributed by atoms with E-state index in [2.05, 4.69) is 37.6 Å². The quantitative estimate of drug-likeness (QED) is 0.854. The van der Waals surface area contributed by atoms with Crippen molar-refractivity contribution in [2.45, 2.75) is 46.2 Å². The molecule has 1 aromatic heterocycles. The number of piperazine rings is 1. The maximum Gasteiger partial charge on any atom is 0.407 e. The van der Waals surface area contributed by atoms with Gasteiger partial charge in [0.05, 0.1) is 11.6 Å². The van der Waals surface area contributed by atoms with Gasteiger partial charge in [0.25, 0.3) is 0 Å². The number of carboxylic acid groups (broad SMARTS) is 1. The monoisotopic (exact) mass is 325 g/mol. The van der Waals surface area contributed by atoms with Crippen molar-refractivity contribution in [3.63, 3.8) is 0 Å². The van der Waals surface area contributed by atoms with E-state index >= 15 is 0 Å². The van der Waals surface area contributed by atoms with Crippen LogP contribution in [0.3, 0.4) is 0 Å². The summed E-state index contributed by atoms with van der Waals surface area (Å²) in [4.78, 5) is 19.9. The molecule has 5 nitrogen and oxygen atoms in total. The van der Waals surface area contributed by atoms with Crippen LogP contribution in [0.4, 0.5) is 10.6 Å². The average molecular weight is 326 g/mol. The molecular weight excluding hydrogens is 302 g/mol. The standard InChI is InChI=1S/C16H24ClN3O2/c1-11-16(5,15(2,3)4)20(14(21)22)9-8-19(11)13-10-12(17)6-7-18-13/h6-7,10-11H,8-9H2,1-5H3,(H,21,22). The van der Waals surface area contributed by atoms with Crippen LogP contribution in [0.15, 0.2) is 18.3 Å². The lowest BCUT2D eigenvalue weighted by atomic mass is 9.68. The number of nitrogens with zero attached hydrogens (tertiary/aromatic N) is 3. The number of amides is 1. The molecule has 2 heterocycles. The SMILES string of the molecule is CC1N(c2cc(Cl)ccn2)CCN(C(=O)O)C1(C)C(C)(C)C. The lowest BCUT2D eigenvalue weighted by Crippen LogP contribution is -2.72. The lowest BCUT2D eigenvalue weighted by molar-refractivity contribution is -0.0165. The van der Waals surface area contributed by atoms with Gasteiger partial charge in [-0.2, -0.15) is 0 Å². The summed E-state index contributed by atoms with van der Waals surface area (Å²) in [6.07, 6.45) is 0.811. The number of halogens is 1. The second kappa shape index (κ2) is 5.61. The molecule has 0 bridgehead atoms. The van der Waals surface area contributed by atoms with Crippen LogP contribution in [0.2, 0.25) is 5.02 Å². The summed E-state index contributed by atoms with van der Waals surface area (Å²) in [7, 11) is 0. The Morgan fingerprint density at radius 1 is 1.45 bits per heavy atom. The van der Waals surface area contributed by atoms with E-state index in [-0.39, 0.29) is 11.5 Å². The number of pyridine rings is 1. The van der Waals surface area contributed by atoms with Crippen LogP contribution >= 0.6 is 11.6 Å². The maximum absolute atomic E-state index is 11.7. The van der Waals surface area contributed by atoms with Gasteiger partial charge in [-0.3, -0.25) is 4.90 Å². The molecule has 22 heavy (non-hydrogen) atoms. The molecule has 1 N–H and O–H groups in total. The molecule has 0 saturated carbocycles. The number of anilines is 1. The van der Waals surface area contributed by atoms with Crippen LogP contribution in [0.5, 0.6) is 0 Å². The normalized spacial score (nSPS) is 26.2. The first kappa shape index (κ1) is 16.9. The summed E-state index contributed by atoms with van der Waals surface area (Å²) >= 11 is 6.08. The van der Waals surface area contributed by atoms with Crippen molar-refractivity contribution in [3.05, 3.63) is 23.4 Å². The van der Waals surface area contributed by atoms with E-state index in [0.29, 0.717) is 18.1 Å². The number of hydrogen-bond donors (Lipinski definition) is 1. The van der Waals surface area contributed by atoms with Crippen LogP contribution in [0.25, 0.3) is 0 Å². The van der Waals surface area contributed by atoms with Crippen molar-refractivity contribution < 1.29 is 9.90 Å². The number of aromatic nitrogens is 1. The molecule has 1 aliphatic rings. The van der Waals surface area contributed by atoms with Gasteiger partial charge in [0.2, 0.25) is 0 Å². The highest BCUT2D eigenvalue weighted by Crippen LogP contribution is 2.43. The molecule has 1 amide bonds. The van der Waals surface area contributed by atoms with Gasteiger partial charge >= 0.3 is 6.09 Å². The van der Waals surface area contributed by atoms with Gasteiger partial charge in [0, 0.05) is 24.3 Å². The van der Waals surface area contributed by atoms with Gasteiger partial charge in [-0.15, -0.1) is 0 Å². The summed E-state index contributed by atoms with van der Waals surface area (Å²) in [5, 5.41) is 10.3. The largest absolute Gasteiger partial charge is 0.465 e. The van der Waals surface area contributed by atoms with Crippen molar-refractivity contribution in [2.24, 2.45) is 5.41 Å². The Kier molecular flexibility index (Phi) is 4.30. The third kappa shape index (κ3) is 2.62. The molecule has 6 heteroatoms. The van der Waals surface area contributed by atoms with Gasteiger partial charge in [-0.05, 0) is 31.4 Å². The fourth-order valence-electron chi connectivity index (χ4n) is 3.35. The predicted molar refractivity (Wildman–Crippen MR) is 88.6 cm³/mol. The van der Waals surface area contributed by atoms with E-state index in [0.717, 1.165) is 5.82 Å². The molecule has 1 fully saturated rings. The molecular formula is C16H24ClN3O2. The smallest absolute Gasteiger partial charge is 0.407 e. The van der Waals surface area contributed by atoms with E-state index in [1.807, 2.05) is 13.0 Å². The molecule has 0 aromatic carbocycles. The van der Waals surface area contributed by atoms with Crippen LogP contribution in [-0.2, 0) is 0 Å². The van der Waals surface area contributed by atoms with E-state index < -0.39 is 11.6 Å². The highest BCUT2D eigenvalue weighted by atomic mass is 35.5. The summed E-state index contributed by atoms with van der Waals surface area (Å²) in [5.74, 6) is 0.792. The summed E-state index contributed by atoms with van der Waals surface area (Å²) < 4.78 is 0. The number of carbonyl (C=O) groups is 1. The number of rotatable bonds is 1. The van der Waals surface area contributed by atoms with Crippen molar-refractivity contribution in [1.82, 2.24) is 9.88 Å². The second-order valence-electron chi connectivity index (χ2n) is 7.03. The van der Waals surface area contributed by atoms with Crippen LogP contribution in [0.1, 0.15) is 34.6 Å².